The molecule has 0 saturated carbocycles. The van der Waals surface area contributed by atoms with E-state index in [0.717, 1.165) is 18.4 Å². The van der Waals surface area contributed by atoms with Crippen LogP contribution >= 0.6 is 15.9 Å². The zero-order valence-electron chi connectivity index (χ0n) is 5.65. The lowest BCUT2D eigenvalue weighted by Gasteiger charge is -2.23. The van der Waals surface area contributed by atoms with Crippen LogP contribution in [0.5, 0.6) is 0 Å². The first kappa shape index (κ1) is 9.57. The van der Waals surface area contributed by atoms with Gasteiger partial charge in [-0.3, -0.25) is 0 Å². The zero-order valence-corrected chi connectivity index (χ0v) is 7.23. The van der Waals surface area contributed by atoms with E-state index in [1.54, 1.807) is 0 Å². The molecule has 1 rings (SSSR count). The summed E-state index contributed by atoms with van der Waals surface area (Å²) in [6.07, 6.45) is -1.76. The van der Waals surface area contributed by atoms with Crippen molar-refractivity contribution in [2.75, 3.05) is 0 Å². The molecule has 0 aromatic heterocycles. The fraction of sp³-hybridized carbons (Fsp3) is 0.333. The number of nitrogens with zero attached hydrogens (tertiary/aromatic N) is 1. The number of allylic oxidation sites excluding steroid dienone is 2. The van der Waals surface area contributed by atoms with Crippen LogP contribution in [0, 0.1) is 0 Å². The van der Waals surface area contributed by atoms with Crippen LogP contribution in [0.15, 0.2) is 23.9 Å². The first-order valence-electron chi connectivity index (χ1n) is 2.96. The lowest BCUT2D eigenvalue weighted by Crippen LogP contribution is -2.30. The van der Waals surface area contributed by atoms with Gasteiger partial charge in [-0.15, -0.1) is 0 Å². The Balaban J connectivity index is 2.90. The number of halogens is 5. The van der Waals surface area contributed by atoms with Crippen LogP contribution in [0.25, 0.3) is 0 Å². The van der Waals surface area contributed by atoms with Crippen LogP contribution in [0.3, 0.4) is 0 Å². The van der Waals surface area contributed by atoms with Gasteiger partial charge in [0.25, 0.3) is 0 Å². The standard InChI is InChI=1S/C6H4BrF4N/c7-5-4(6(8,9)10)2-1-3-12(5)11/h1-3,5H. The minimum absolute atomic E-state index is 0.0528. The third kappa shape index (κ3) is 1.80. The molecule has 1 aliphatic rings. The van der Waals surface area contributed by atoms with Crippen LogP contribution in [-0.2, 0) is 0 Å². The third-order valence-electron chi connectivity index (χ3n) is 1.30. The zero-order chi connectivity index (χ0) is 9.35. The lowest BCUT2D eigenvalue weighted by atomic mass is 10.2. The average molecular weight is 246 g/mol. The van der Waals surface area contributed by atoms with Gasteiger partial charge >= 0.3 is 6.18 Å². The molecule has 0 fully saturated rings. The van der Waals surface area contributed by atoms with E-state index < -0.39 is 16.7 Å². The molecule has 0 aromatic rings. The maximum atomic E-state index is 12.5. The second-order valence-electron chi connectivity index (χ2n) is 2.14. The molecule has 1 atom stereocenters. The van der Waals surface area contributed by atoms with Gasteiger partial charge in [-0.1, -0.05) is 20.4 Å². The van der Waals surface area contributed by atoms with Gasteiger partial charge in [-0.2, -0.15) is 13.2 Å². The molecule has 0 saturated heterocycles. The molecule has 6 heteroatoms. The Kier molecular flexibility index (Phi) is 2.46. The Morgan fingerprint density at radius 2 is 2.00 bits per heavy atom. The molecule has 0 bridgehead atoms. The van der Waals surface area contributed by atoms with E-state index in [4.69, 9.17) is 0 Å². The Labute approximate surface area is 74.4 Å². The maximum absolute atomic E-state index is 12.5. The second kappa shape index (κ2) is 3.08. The fourth-order valence-corrected chi connectivity index (χ4v) is 1.29. The summed E-state index contributed by atoms with van der Waals surface area (Å²) in [6.45, 7) is 0. The molecular formula is C6H4BrF4N. The van der Waals surface area contributed by atoms with Crippen molar-refractivity contribution in [3.8, 4) is 0 Å². The highest BCUT2D eigenvalue weighted by Gasteiger charge is 2.40. The van der Waals surface area contributed by atoms with Gasteiger partial charge in [0, 0.05) is 6.20 Å². The largest absolute Gasteiger partial charge is 0.415 e. The van der Waals surface area contributed by atoms with Crippen molar-refractivity contribution in [1.82, 2.24) is 5.12 Å². The summed E-state index contributed by atoms with van der Waals surface area (Å²) in [7, 11) is 0. The molecule has 0 radical (unpaired) electrons. The minimum atomic E-state index is -4.50. The summed E-state index contributed by atoms with van der Waals surface area (Å²) in [5.41, 5.74) is -0.951. The minimum Gasteiger partial charge on any atom is -0.201 e. The van der Waals surface area contributed by atoms with Crippen molar-refractivity contribution in [3.63, 3.8) is 0 Å². The first-order chi connectivity index (χ1) is 5.43. The van der Waals surface area contributed by atoms with E-state index in [-0.39, 0.29) is 5.12 Å². The van der Waals surface area contributed by atoms with Crippen molar-refractivity contribution in [3.05, 3.63) is 23.9 Å². The summed E-state index contributed by atoms with van der Waals surface area (Å²) in [5, 5.41) is -0.0528. The Morgan fingerprint density at radius 3 is 2.42 bits per heavy atom. The smallest absolute Gasteiger partial charge is 0.201 e. The molecule has 68 valence electrons. The van der Waals surface area contributed by atoms with Crippen LogP contribution in [0.2, 0.25) is 0 Å². The average Bonchev–Trinajstić information content (AvgIpc) is 1.92. The van der Waals surface area contributed by atoms with Crippen LogP contribution in [-0.4, -0.2) is 16.2 Å². The lowest BCUT2D eigenvalue weighted by molar-refractivity contribution is -0.102. The van der Waals surface area contributed by atoms with Crippen molar-refractivity contribution >= 4 is 15.9 Å². The van der Waals surface area contributed by atoms with Crippen molar-refractivity contribution in [1.29, 1.82) is 0 Å². The van der Waals surface area contributed by atoms with E-state index in [9.17, 15) is 17.7 Å². The molecular weight excluding hydrogens is 242 g/mol. The molecule has 1 aliphatic heterocycles. The van der Waals surface area contributed by atoms with E-state index in [2.05, 4.69) is 15.9 Å². The van der Waals surface area contributed by atoms with Crippen LogP contribution in [0.4, 0.5) is 17.7 Å². The molecule has 0 aliphatic carbocycles. The fourth-order valence-electron chi connectivity index (χ4n) is 0.746. The van der Waals surface area contributed by atoms with Gasteiger partial charge in [0.1, 0.15) is 4.95 Å². The molecule has 0 aromatic carbocycles. The SMILES string of the molecule is FN1C=CC=C(C(F)(F)F)C1Br. The Bertz CT molecular complexity index is 232. The van der Waals surface area contributed by atoms with Crippen molar-refractivity contribution < 1.29 is 17.7 Å². The van der Waals surface area contributed by atoms with Gasteiger partial charge in [0.2, 0.25) is 0 Å². The van der Waals surface area contributed by atoms with Gasteiger partial charge < -0.3 is 0 Å². The quantitative estimate of drug-likeness (QED) is 0.275. The number of rotatable bonds is 0. The van der Waals surface area contributed by atoms with E-state index >= 15 is 0 Å². The van der Waals surface area contributed by atoms with Gasteiger partial charge in [0.05, 0.1) is 5.57 Å². The highest BCUT2D eigenvalue weighted by atomic mass is 79.9. The maximum Gasteiger partial charge on any atom is 0.415 e. The second-order valence-corrected chi connectivity index (χ2v) is 3.01. The summed E-state index contributed by atoms with van der Waals surface area (Å²) < 4.78 is 48.6. The summed E-state index contributed by atoms with van der Waals surface area (Å²) in [6, 6.07) is 0. The normalized spacial score (nSPS) is 24.2. The van der Waals surface area contributed by atoms with Gasteiger partial charge in [-0.05, 0) is 12.2 Å². The topological polar surface area (TPSA) is 3.24 Å². The monoisotopic (exact) mass is 245 g/mol. The molecule has 0 amide bonds. The Morgan fingerprint density at radius 1 is 1.42 bits per heavy atom. The van der Waals surface area contributed by atoms with E-state index in [1.807, 2.05) is 0 Å². The first-order valence-corrected chi connectivity index (χ1v) is 3.88. The van der Waals surface area contributed by atoms with Gasteiger partial charge in [0.15, 0.2) is 0 Å². The van der Waals surface area contributed by atoms with Crippen molar-refractivity contribution in [2.45, 2.75) is 11.1 Å². The van der Waals surface area contributed by atoms with Crippen LogP contribution < -0.4 is 0 Å². The number of hydrogen-bond donors (Lipinski definition) is 0. The Hall–Kier alpha value is -0.520. The highest BCUT2D eigenvalue weighted by molar-refractivity contribution is 9.09. The predicted molar refractivity (Wildman–Crippen MR) is 38.9 cm³/mol. The molecule has 1 heterocycles. The summed E-state index contributed by atoms with van der Waals surface area (Å²) >= 11 is 2.57. The molecule has 1 unspecified atom stereocenters. The van der Waals surface area contributed by atoms with E-state index in [0.29, 0.717) is 0 Å². The summed E-state index contributed by atoms with van der Waals surface area (Å²) in [5.74, 6) is 0. The number of hydrogen-bond acceptors (Lipinski definition) is 1. The molecule has 0 N–H and O–H groups in total. The third-order valence-corrected chi connectivity index (χ3v) is 2.19. The molecule has 1 nitrogen and oxygen atoms in total. The van der Waals surface area contributed by atoms with Crippen LogP contribution in [0.1, 0.15) is 0 Å². The van der Waals surface area contributed by atoms with E-state index in [1.165, 1.54) is 0 Å². The summed E-state index contributed by atoms with van der Waals surface area (Å²) in [4.78, 5) is -1.44. The van der Waals surface area contributed by atoms with Gasteiger partial charge in [-0.25, -0.2) is 5.12 Å². The number of alkyl halides is 4. The van der Waals surface area contributed by atoms with Crippen molar-refractivity contribution in [2.24, 2.45) is 0 Å². The predicted octanol–water partition coefficient (Wildman–Crippen LogP) is 2.91. The molecule has 0 spiro atoms. The highest BCUT2D eigenvalue weighted by Crippen LogP contribution is 2.35. The molecule has 12 heavy (non-hydrogen) atoms.